The third kappa shape index (κ3) is 3.73. The van der Waals surface area contributed by atoms with Crippen molar-refractivity contribution < 1.29 is 14.7 Å². The van der Waals surface area contributed by atoms with E-state index in [0.717, 1.165) is 16.7 Å². The van der Waals surface area contributed by atoms with Crippen LogP contribution in [0, 0.1) is 0 Å². The van der Waals surface area contributed by atoms with Crippen LogP contribution in [0.1, 0.15) is 23.1 Å². The Labute approximate surface area is 135 Å². The summed E-state index contributed by atoms with van der Waals surface area (Å²) in [4.78, 5) is 24.4. The number of rotatable bonds is 6. The maximum Gasteiger partial charge on any atom is 0.325 e. The van der Waals surface area contributed by atoms with Crippen LogP contribution in [0.3, 0.4) is 0 Å². The first-order valence-corrected chi connectivity index (χ1v) is 7.42. The summed E-state index contributed by atoms with van der Waals surface area (Å²) in [6.07, 6.45) is 3.33. The molecule has 2 heterocycles. The smallest absolute Gasteiger partial charge is 0.325 e. The van der Waals surface area contributed by atoms with Crippen LogP contribution in [0.4, 0.5) is 0 Å². The Morgan fingerprint density at radius 2 is 2.09 bits per heavy atom. The Morgan fingerprint density at radius 3 is 2.68 bits per heavy atom. The van der Waals surface area contributed by atoms with E-state index in [9.17, 15) is 9.59 Å². The summed E-state index contributed by atoms with van der Waals surface area (Å²) in [6.45, 7) is 2.78. The van der Waals surface area contributed by atoms with Gasteiger partial charge < -0.3 is 10.0 Å². The molecule has 2 rings (SSSR count). The first-order valence-electron chi connectivity index (χ1n) is 6.63. The molecule has 0 aliphatic carbocycles. The van der Waals surface area contributed by atoms with Crippen LogP contribution in [0.5, 0.6) is 0 Å². The van der Waals surface area contributed by atoms with Crippen molar-refractivity contribution in [3.8, 4) is 0 Å². The van der Waals surface area contributed by atoms with Gasteiger partial charge in [0, 0.05) is 26.0 Å². The number of halogens is 1. The summed E-state index contributed by atoms with van der Waals surface area (Å²) >= 11 is 3.42. The summed E-state index contributed by atoms with van der Waals surface area (Å²) in [7, 11) is 1.65. The van der Waals surface area contributed by atoms with Gasteiger partial charge in [-0.05, 0) is 28.9 Å². The summed E-state index contributed by atoms with van der Waals surface area (Å²) in [5, 5.41) is 17.0. The lowest BCUT2D eigenvalue weighted by Gasteiger charge is -2.14. The van der Waals surface area contributed by atoms with E-state index in [2.05, 4.69) is 26.1 Å². The minimum atomic E-state index is -1.01. The molecule has 0 saturated heterocycles. The Hall–Kier alpha value is -2.16. The second kappa shape index (κ2) is 6.73. The molecule has 0 saturated carbocycles. The molecule has 8 nitrogen and oxygen atoms in total. The second-order valence-electron chi connectivity index (χ2n) is 4.73. The third-order valence-electron chi connectivity index (χ3n) is 3.00. The van der Waals surface area contributed by atoms with Gasteiger partial charge in [0.15, 0.2) is 0 Å². The van der Waals surface area contributed by atoms with E-state index in [1.807, 2.05) is 13.1 Å². The molecule has 0 radical (unpaired) electrons. The molecular weight excluding hydrogens is 354 g/mol. The average molecular weight is 370 g/mol. The maximum absolute atomic E-state index is 12.3. The molecule has 0 fully saturated rings. The number of hydrogen-bond donors (Lipinski definition) is 1. The number of nitrogens with zero attached hydrogens (tertiary/aromatic N) is 5. The molecule has 2 aromatic rings. The van der Waals surface area contributed by atoms with E-state index in [1.54, 1.807) is 11.7 Å². The van der Waals surface area contributed by atoms with Crippen LogP contribution < -0.4 is 0 Å². The number of carbonyl (C=O) groups is 2. The van der Waals surface area contributed by atoms with Crippen molar-refractivity contribution in [1.29, 1.82) is 0 Å². The maximum atomic E-state index is 12.3. The highest BCUT2D eigenvalue weighted by Gasteiger charge is 2.18. The SMILES string of the molecule is CCn1cc(Br)c(CN(C)C(=O)c2ccn(CC(=O)O)n2)n1. The minimum absolute atomic E-state index is 0.204. The Kier molecular flexibility index (Phi) is 4.96. The predicted molar refractivity (Wildman–Crippen MR) is 81.3 cm³/mol. The monoisotopic (exact) mass is 369 g/mol. The van der Waals surface area contributed by atoms with Gasteiger partial charge in [-0.2, -0.15) is 10.2 Å². The highest BCUT2D eigenvalue weighted by atomic mass is 79.9. The van der Waals surface area contributed by atoms with Gasteiger partial charge in [-0.1, -0.05) is 0 Å². The fraction of sp³-hybridized carbons (Fsp3) is 0.385. The number of carboxylic acids is 1. The number of carboxylic acid groups (broad SMARTS) is 1. The van der Waals surface area contributed by atoms with Crippen LogP contribution >= 0.6 is 15.9 Å². The summed E-state index contributed by atoms with van der Waals surface area (Å²) in [5.41, 5.74) is 0.956. The number of aliphatic carboxylic acids is 1. The van der Waals surface area contributed by atoms with Crippen molar-refractivity contribution in [3.63, 3.8) is 0 Å². The van der Waals surface area contributed by atoms with Gasteiger partial charge in [-0.25, -0.2) is 0 Å². The number of amides is 1. The molecule has 0 aromatic carbocycles. The van der Waals surface area contributed by atoms with Gasteiger partial charge in [0.2, 0.25) is 0 Å². The first kappa shape index (κ1) is 16.2. The van der Waals surface area contributed by atoms with Crippen molar-refractivity contribution in [2.75, 3.05) is 7.05 Å². The van der Waals surface area contributed by atoms with Crippen molar-refractivity contribution >= 4 is 27.8 Å². The summed E-state index contributed by atoms with van der Waals surface area (Å²) < 4.78 is 3.83. The number of hydrogen-bond acceptors (Lipinski definition) is 4. The molecule has 118 valence electrons. The number of carbonyl (C=O) groups excluding carboxylic acids is 1. The summed E-state index contributed by atoms with van der Waals surface area (Å²) in [6, 6.07) is 1.50. The standard InChI is InChI=1S/C13H16BrN5O3/c1-3-18-6-9(14)11(16-18)7-17(2)13(22)10-4-5-19(15-10)8-12(20)21/h4-6H,3,7-8H2,1-2H3,(H,20,21). The van der Waals surface area contributed by atoms with Gasteiger partial charge in [0.1, 0.15) is 12.2 Å². The first-order chi connectivity index (χ1) is 10.4. The van der Waals surface area contributed by atoms with Crippen LogP contribution in [0.15, 0.2) is 22.9 Å². The van der Waals surface area contributed by atoms with E-state index in [1.165, 1.54) is 21.8 Å². The molecule has 1 amide bonds. The van der Waals surface area contributed by atoms with E-state index in [4.69, 9.17) is 5.11 Å². The van der Waals surface area contributed by atoms with Crippen molar-refractivity contribution in [2.24, 2.45) is 0 Å². The highest BCUT2D eigenvalue weighted by Crippen LogP contribution is 2.17. The topological polar surface area (TPSA) is 93.2 Å². The quantitative estimate of drug-likeness (QED) is 0.825. The average Bonchev–Trinajstić information content (AvgIpc) is 3.05. The number of aromatic nitrogens is 4. The molecule has 0 bridgehead atoms. The molecular formula is C13H16BrN5O3. The lowest BCUT2D eigenvalue weighted by atomic mass is 10.3. The molecule has 2 aromatic heterocycles. The van der Waals surface area contributed by atoms with Gasteiger partial charge in [0.25, 0.3) is 5.91 Å². The van der Waals surface area contributed by atoms with Crippen molar-refractivity contribution in [1.82, 2.24) is 24.5 Å². The minimum Gasteiger partial charge on any atom is -0.480 e. The largest absolute Gasteiger partial charge is 0.480 e. The van der Waals surface area contributed by atoms with E-state index in [-0.39, 0.29) is 18.1 Å². The molecule has 0 atom stereocenters. The van der Waals surface area contributed by atoms with Crippen molar-refractivity contribution in [3.05, 3.63) is 34.3 Å². The summed E-state index contributed by atoms with van der Waals surface area (Å²) in [5.74, 6) is -1.30. The highest BCUT2D eigenvalue weighted by molar-refractivity contribution is 9.10. The van der Waals surface area contributed by atoms with Crippen LogP contribution in [-0.2, 0) is 24.4 Å². The zero-order valence-corrected chi connectivity index (χ0v) is 13.8. The third-order valence-corrected chi connectivity index (χ3v) is 3.66. The zero-order valence-electron chi connectivity index (χ0n) is 12.2. The van der Waals surface area contributed by atoms with Gasteiger partial charge in [-0.3, -0.25) is 19.0 Å². The van der Waals surface area contributed by atoms with E-state index >= 15 is 0 Å². The molecule has 9 heteroatoms. The van der Waals surface area contributed by atoms with Gasteiger partial charge in [0.05, 0.1) is 16.7 Å². The van der Waals surface area contributed by atoms with Gasteiger partial charge in [-0.15, -0.1) is 0 Å². The normalized spacial score (nSPS) is 10.7. The van der Waals surface area contributed by atoms with Gasteiger partial charge >= 0.3 is 5.97 Å². The zero-order chi connectivity index (χ0) is 16.3. The van der Waals surface area contributed by atoms with Crippen LogP contribution in [-0.4, -0.2) is 48.5 Å². The lowest BCUT2D eigenvalue weighted by Crippen LogP contribution is -2.27. The Morgan fingerprint density at radius 1 is 1.36 bits per heavy atom. The molecule has 0 aliphatic heterocycles. The number of aryl methyl sites for hydroxylation is 1. The van der Waals surface area contributed by atoms with Crippen molar-refractivity contribution in [2.45, 2.75) is 26.6 Å². The molecule has 22 heavy (non-hydrogen) atoms. The Balaban J connectivity index is 2.06. The molecule has 1 N–H and O–H groups in total. The van der Waals surface area contributed by atoms with E-state index in [0.29, 0.717) is 6.54 Å². The second-order valence-corrected chi connectivity index (χ2v) is 5.59. The lowest BCUT2D eigenvalue weighted by molar-refractivity contribution is -0.137. The molecule has 0 spiro atoms. The van der Waals surface area contributed by atoms with Crippen LogP contribution in [0.2, 0.25) is 0 Å². The molecule has 0 unspecified atom stereocenters. The molecule has 0 aliphatic rings. The predicted octanol–water partition coefficient (Wildman–Crippen LogP) is 1.22. The van der Waals surface area contributed by atoms with E-state index < -0.39 is 5.97 Å². The fourth-order valence-electron chi connectivity index (χ4n) is 1.90. The fourth-order valence-corrected chi connectivity index (χ4v) is 2.34. The Bertz CT molecular complexity index is 694. The van der Waals surface area contributed by atoms with Crippen LogP contribution in [0.25, 0.3) is 0 Å².